The van der Waals surface area contributed by atoms with Crippen LogP contribution in [0.5, 0.6) is 5.75 Å². The van der Waals surface area contributed by atoms with Crippen LogP contribution >= 0.6 is 0 Å². The highest BCUT2D eigenvalue weighted by Crippen LogP contribution is 2.27. The third-order valence-corrected chi connectivity index (χ3v) is 3.76. The van der Waals surface area contributed by atoms with Crippen LogP contribution in [0, 0.1) is 16.0 Å². The molecule has 0 N–H and O–H groups in total. The number of carbonyl (C=O) groups is 1. The van der Waals surface area contributed by atoms with Crippen LogP contribution in [0.2, 0.25) is 0 Å². The number of nitrogens with zero attached hydrogens (tertiary/aromatic N) is 1. The molecule has 0 radical (unpaired) electrons. The summed E-state index contributed by atoms with van der Waals surface area (Å²) < 4.78 is 5.18. The fourth-order valence-corrected chi connectivity index (χ4v) is 2.62. The van der Waals surface area contributed by atoms with Gasteiger partial charge in [-0.05, 0) is 24.5 Å². The van der Waals surface area contributed by atoms with Gasteiger partial charge in [-0.15, -0.1) is 0 Å². The maximum absolute atomic E-state index is 11.7. The van der Waals surface area contributed by atoms with Crippen LogP contribution in [0.3, 0.4) is 0 Å². The summed E-state index contributed by atoms with van der Waals surface area (Å²) in [4.78, 5) is 21.8. The summed E-state index contributed by atoms with van der Waals surface area (Å²) in [5.74, 6) is 0.752. The second kappa shape index (κ2) is 7.03. The molecule has 20 heavy (non-hydrogen) atoms. The molecule has 5 nitrogen and oxygen atoms in total. The first kappa shape index (κ1) is 14.5. The summed E-state index contributed by atoms with van der Waals surface area (Å²) in [6.07, 6.45) is 7.57. The summed E-state index contributed by atoms with van der Waals surface area (Å²) in [5.41, 5.74) is -0.00740. The molecule has 0 aromatic heterocycles. The van der Waals surface area contributed by atoms with Crippen LogP contribution in [0.1, 0.15) is 44.9 Å². The average molecular weight is 277 g/mol. The number of hydrogen-bond acceptors (Lipinski definition) is 4. The summed E-state index contributed by atoms with van der Waals surface area (Å²) >= 11 is 0. The quantitative estimate of drug-likeness (QED) is 0.354. The molecule has 0 atom stereocenters. The summed E-state index contributed by atoms with van der Waals surface area (Å²) in [6, 6.07) is 5.58. The van der Waals surface area contributed by atoms with Gasteiger partial charge in [0.15, 0.2) is 0 Å². The van der Waals surface area contributed by atoms with E-state index < -0.39 is 4.92 Å². The SMILES string of the molecule is O=C(CCC1CCCCC1)Oc1ccc([N+](=O)[O-])cc1. The highest BCUT2D eigenvalue weighted by molar-refractivity contribution is 5.72. The average Bonchev–Trinajstić information content (AvgIpc) is 2.47. The van der Waals surface area contributed by atoms with Crippen molar-refractivity contribution in [2.45, 2.75) is 44.9 Å². The monoisotopic (exact) mass is 277 g/mol. The number of rotatable bonds is 5. The molecule has 1 saturated carbocycles. The molecule has 5 heteroatoms. The lowest BCUT2D eigenvalue weighted by Gasteiger charge is -2.20. The number of benzene rings is 1. The minimum absolute atomic E-state index is 0.00740. The predicted molar refractivity (Wildman–Crippen MR) is 74.5 cm³/mol. The van der Waals surface area contributed by atoms with E-state index in [-0.39, 0.29) is 11.7 Å². The third kappa shape index (κ3) is 4.33. The van der Waals surface area contributed by atoms with Crippen molar-refractivity contribution < 1.29 is 14.5 Å². The van der Waals surface area contributed by atoms with Gasteiger partial charge in [0.1, 0.15) is 5.75 Å². The molecule has 0 heterocycles. The first-order valence-corrected chi connectivity index (χ1v) is 7.10. The van der Waals surface area contributed by atoms with Gasteiger partial charge in [0.25, 0.3) is 5.69 Å². The molecule has 108 valence electrons. The first-order chi connectivity index (χ1) is 9.65. The number of ether oxygens (including phenoxy) is 1. The van der Waals surface area contributed by atoms with Gasteiger partial charge in [-0.2, -0.15) is 0 Å². The van der Waals surface area contributed by atoms with Crippen molar-refractivity contribution in [3.05, 3.63) is 34.4 Å². The summed E-state index contributed by atoms with van der Waals surface area (Å²) in [6.45, 7) is 0. The molecule has 1 aliphatic carbocycles. The highest BCUT2D eigenvalue weighted by Gasteiger charge is 2.15. The van der Waals surface area contributed by atoms with Crippen LogP contribution in [0.25, 0.3) is 0 Å². The Labute approximate surface area is 118 Å². The van der Waals surface area contributed by atoms with Crippen molar-refractivity contribution in [2.75, 3.05) is 0 Å². The van der Waals surface area contributed by atoms with Crippen molar-refractivity contribution in [1.82, 2.24) is 0 Å². The van der Waals surface area contributed by atoms with Crippen molar-refractivity contribution in [2.24, 2.45) is 5.92 Å². The number of nitro groups is 1. The highest BCUT2D eigenvalue weighted by atomic mass is 16.6. The molecule has 0 bridgehead atoms. The Bertz CT molecular complexity index is 463. The molecule has 0 spiro atoms. The fraction of sp³-hybridized carbons (Fsp3) is 0.533. The zero-order valence-electron chi connectivity index (χ0n) is 11.4. The second-order valence-electron chi connectivity index (χ2n) is 5.27. The van der Waals surface area contributed by atoms with Crippen molar-refractivity contribution in [1.29, 1.82) is 0 Å². The van der Waals surface area contributed by atoms with Gasteiger partial charge in [-0.25, -0.2) is 0 Å². The lowest BCUT2D eigenvalue weighted by molar-refractivity contribution is -0.384. The predicted octanol–water partition coefficient (Wildman–Crippen LogP) is 3.86. The molecule has 1 aliphatic rings. The van der Waals surface area contributed by atoms with Crippen LogP contribution in [0.15, 0.2) is 24.3 Å². The van der Waals surface area contributed by atoms with E-state index in [9.17, 15) is 14.9 Å². The van der Waals surface area contributed by atoms with Gasteiger partial charge < -0.3 is 4.74 Å². The van der Waals surface area contributed by atoms with Gasteiger partial charge in [0.05, 0.1) is 4.92 Å². The Morgan fingerprint density at radius 2 is 1.85 bits per heavy atom. The third-order valence-electron chi connectivity index (χ3n) is 3.76. The first-order valence-electron chi connectivity index (χ1n) is 7.10. The minimum Gasteiger partial charge on any atom is -0.427 e. The fourth-order valence-electron chi connectivity index (χ4n) is 2.62. The standard InChI is InChI=1S/C15H19NO4/c17-15(11-6-12-4-2-1-3-5-12)20-14-9-7-13(8-10-14)16(18)19/h7-10,12H,1-6,11H2. The molecule has 0 amide bonds. The van der Waals surface area contributed by atoms with Crippen molar-refractivity contribution in [3.8, 4) is 5.75 Å². The molecule has 0 aliphatic heterocycles. The number of carbonyl (C=O) groups excluding carboxylic acids is 1. The van der Waals surface area contributed by atoms with Crippen molar-refractivity contribution >= 4 is 11.7 Å². The Hall–Kier alpha value is -1.91. The van der Waals surface area contributed by atoms with E-state index in [2.05, 4.69) is 0 Å². The Morgan fingerprint density at radius 1 is 1.20 bits per heavy atom. The lowest BCUT2D eigenvalue weighted by Crippen LogP contribution is -2.12. The number of hydrogen-bond donors (Lipinski definition) is 0. The normalized spacial score (nSPS) is 15.8. The maximum atomic E-state index is 11.7. The van der Waals surface area contributed by atoms with Gasteiger partial charge in [-0.3, -0.25) is 14.9 Å². The van der Waals surface area contributed by atoms with Gasteiger partial charge in [0.2, 0.25) is 0 Å². The molecule has 1 aromatic carbocycles. The zero-order valence-corrected chi connectivity index (χ0v) is 11.4. The van der Waals surface area contributed by atoms with E-state index in [4.69, 9.17) is 4.74 Å². The van der Waals surface area contributed by atoms with E-state index in [0.29, 0.717) is 18.1 Å². The number of esters is 1. The van der Waals surface area contributed by atoms with Gasteiger partial charge >= 0.3 is 5.97 Å². The molecule has 1 fully saturated rings. The van der Waals surface area contributed by atoms with Crippen LogP contribution in [-0.4, -0.2) is 10.9 Å². The largest absolute Gasteiger partial charge is 0.427 e. The Morgan fingerprint density at radius 3 is 2.45 bits per heavy atom. The molecular weight excluding hydrogens is 258 g/mol. The minimum atomic E-state index is -0.478. The summed E-state index contributed by atoms with van der Waals surface area (Å²) in [5, 5.41) is 10.5. The van der Waals surface area contributed by atoms with Gasteiger partial charge in [-0.1, -0.05) is 32.1 Å². The van der Waals surface area contributed by atoms with Crippen LogP contribution < -0.4 is 4.74 Å². The molecule has 0 saturated heterocycles. The van der Waals surface area contributed by atoms with E-state index in [1.165, 1.54) is 56.4 Å². The van der Waals surface area contributed by atoms with E-state index in [0.717, 1.165) is 6.42 Å². The molecule has 0 unspecified atom stereocenters. The van der Waals surface area contributed by atoms with Gasteiger partial charge in [0, 0.05) is 18.6 Å². The Balaban J connectivity index is 1.77. The van der Waals surface area contributed by atoms with E-state index >= 15 is 0 Å². The Kier molecular flexibility index (Phi) is 5.09. The van der Waals surface area contributed by atoms with Crippen LogP contribution in [0.4, 0.5) is 5.69 Å². The van der Waals surface area contributed by atoms with Crippen molar-refractivity contribution in [3.63, 3.8) is 0 Å². The lowest BCUT2D eigenvalue weighted by atomic mass is 9.86. The van der Waals surface area contributed by atoms with E-state index in [1.807, 2.05) is 0 Å². The topological polar surface area (TPSA) is 69.4 Å². The van der Waals surface area contributed by atoms with Crippen LogP contribution in [-0.2, 0) is 4.79 Å². The second-order valence-corrected chi connectivity index (χ2v) is 5.27. The smallest absolute Gasteiger partial charge is 0.311 e. The number of nitro benzene ring substituents is 1. The molecule has 1 aromatic rings. The molecule has 2 rings (SSSR count). The van der Waals surface area contributed by atoms with E-state index in [1.54, 1.807) is 0 Å². The molecular formula is C15H19NO4. The summed E-state index contributed by atoms with van der Waals surface area (Å²) in [7, 11) is 0. The maximum Gasteiger partial charge on any atom is 0.311 e. The zero-order chi connectivity index (χ0) is 14.4. The number of non-ortho nitro benzene ring substituents is 1.